The first kappa shape index (κ1) is 13.1. The summed E-state index contributed by atoms with van der Waals surface area (Å²) in [5, 5.41) is 9.08. The van der Waals surface area contributed by atoms with Gasteiger partial charge in [0.25, 0.3) is 0 Å². The number of aryl methyl sites for hydroxylation is 2. The monoisotopic (exact) mass is 286 g/mol. The molecule has 0 aliphatic carbocycles. The van der Waals surface area contributed by atoms with Crippen LogP contribution in [0.5, 0.6) is 0 Å². The molecule has 0 amide bonds. The van der Waals surface area contributed by atoms with Gasteiger partial charge in [0, 0.05) is 7.05 Å². The summed E-state index contributed by atoms with van der Waals surface area (Å²) in [6, 6.07) is 8.43. The quantitative estimate of drug-likeness (QED) is 0.796. The van der Waals surface area contributed by atoms with Gasteiger partial charge in [-0.1, -0.05) is 12.1 Å². The van der Waals surface area contributed by atoms with Gasteiger partial charge >= 0.3 is 0 Å². The van der Waals surface area contributed by atoms with Gasteiger partial charge in [0.15, 0.2) is 0 Å². The first-order valence-corrected chi connectivity index (χ1v) is 7.50. The Morgan fingerprint density at radius 1 is 1.25 bits per heavy atom. The van der Waals surface area contributed by atoms with E-state index >= 15 is 0 Å². The molecule has 2 aromatic heterocycles. The van der Waals surface area contributed by atoms with Gasteiger partial charge in [0.2, 0.25) is 0 Å². The lowest BCUT2D eigenvalue weighted by atomic mass is 10.2. The number of hydrogen-bond donors (Lipinski definition) is 1. The Balaban J connectivity index is 1.90. The molecule has 104 valence electrons. The fourth-order valence-electron chi connectivity index (χ4n) is 2.34. The van der Waals surface area contributed by atoms with Crippen molar-refractivity contribution in [2.45, 2.75) is 26.8 Å². The third-order valence-electron chi connectivity index (χ3n) is 3.55. The summed E-state index contributed by atoms with van der Waals surface area (Å²) in [4.78, 5) is 4.70. The Morgan fingerprint density at radius 2 is 2.00 bits per heavy atom. The second kappa shape index (κ2) is 4.90. The number of nitrogens with zero attached hydrogens (tertiary/aromatic N) is 3. The molecule has 0 radical (unpaired) electrons. The Bertz CT molecular complexity index is 723. The summed E-state index contributed by atoms with van der Waals surface area (Å²) in [5.74, 6) is 0. The molecule has 3 rings (SSSR count). The highest BCUT2D eigenvalue weighted by molar-refractivity contribution is 7.18. The number of nitrogens with one attached hydrogen (secondary N) is 1. The smallest absolute Gasteiger partial charge is 0.116 e. The second-order valence-electron chi connectivity index (χ2n) is 5.06. The SMILES string of the molecule is Cc1nn(C)c(C)c1NC(C)c1nc2ccccc2s1. The van der Waals surface area contributed by atoms with Crippen LogP contribution in [0.4, 0.5) is 5.69 Å². The maximum absolute atomic E-state index is 4.70. The summed E-state index contributed by atoms with van der Waals surface area (Å²) in [6.07, 6.45) is 0. The molecule has 3 aromatic rings. The minimum absolute atomic E-state index is 0.175. The number of para-hydroxylation sites is 1. The molecule has 0 fully saturated rings. The number of thiazole rings is 1. The molecule has 20 heavy (non-hydrogen) atoms. The highest BCUT2D eigenvalue weighted by Gasteiger charge is 2.15. The Morgan fingerprint density at radius 3 is 2.65 bits per heavy atom. The van der Waals surface area contributed by atoms with Crippen molar-refractivity contribution in [1.82, 2.24) is 14.8 Å². The van der Waals surface area contributed by atoms with Crippen LogP contribution >= 0.6 is 11.3 Å². The third kappa shape index (κ3) is 2.18. The van der Waals surface area contributed by atoms with Crippen LogP contribution in [-0.4, -0.2) is 14.8 Å². The van der Waals surface area contributed by atoms with Crippen molar-refractivity contribution in [3.8, 4) is 0 Å². The van der Waals surface area contributed by atoms with Crippen LogP contribution in [0, 0.1) is 13.8 Å². The summed E-state index contributed by atoms with van der Waals surface area (Å²) in [5.41, 5.74) is 4.36. The first-order chi connectivity index (χ1) is 9.56. The van der Waals surface area contributed by atoms with Gasteiger partial charge in [-0.3, -0.25) is 4.68 Å². The zero-order chi connectivity index (χ0) is 14.3. The minimum Gasteiger partial charge on any atom is -0.373 e. The molecule has 5 heteroatoms. The molecule has 4 nitrogen and oxygen atoms in total. The van der Waals surface area contributed by atoms with E-state index in [1.165, 1.54) is 4.70 Å². The van der Waals surface area contributed by atoms with Crippen LogP contribution < -0.4 is 5.32 Å². The van der Waals surface area contributed by atoms with Crippen LogP contribution in [0.1, 0.15) is 29.4 Å². The van der Waals surface area contributed by atoms with Gasteiger partial charge in [0.05, 0.1) is 33.3 Å². The predicted octanol–water partition coefficient (Wildman–Crippen LogP) is 3.82. The van der Waals surface area contributed by atoms with Crippen molar-refractivity contribution >= 4 is 27.2 Å². The van der Waals surface area contributed by atoms with Crippen LogP contribution in [0.3, 0.4) is 0 Å². The molecule has 0 aliphatic heterocycles. The van der Waals surface area contributed by atoms with E-state index in [1.807, 2.05) is 24.7 Å². The normalized spacial score (nSPS) is 12.8. The lowest BCUT2D eigenvalue weighted by Gasteiger charge is -2.12. The van der Waals surface area contributed by atoms with E-state index in [0.717, 1.165) is 27.6 Å². The number of fused-ring (bicyclic) bond motifs is 1. The van der Waals surface area contributed by atoms with Crippen LogP contribution in [0.25, 0.3) is 10.2 Å². The van der Waals surface area contributed by atoms with E-state index in [9.17, 15) is 0 Å². The maximum Gasteiger partial charge on any atom is 0.116 e. The molecule has 0 bridgehead atoms. The highest BCUT2D eigenvalue weighted by Crippen LogP contribution is 2.30. The molecule has 0 aliphatic rings. The molecular formula is C15H18N4S. The molecular weight excluding hydrogens is 268 g/mol. The highest BCUT2D eigenvalue weighted by atomic mass is 32.1. The fourth-order valence-corrected chi connectivity index (χ4v) is 3.31. The molecule has 0 spiro atoms. The van der Waals surface area contributed by atoms with Gasteiger partial charge in [-0.2, -0.15) is 5.10 Å². The summed E-state index contributed by atoms with van der Waals surface area (Å²) in [6.45, 7) is 6.25. The largest absolute Gasteiger partial charge is 0.373 e. The number of hydrogen-bond acceptors (Lipinski definition) is 4. The van der Waals surface area contributed by atoms with Gasteiger partial charge in [0.1, 0.15) is 5.01 Å². The van der Waals surface area contributed by atoms with Crippen molar-refractivity contribution in [2.75, 3.05) is 5.32 Å². The Kier molecular flexibility index (Phi) is 3.22. The fraction of sp³-hybridized carbons (Fsp3) is 0.333. The lowest BCUT2D eigenvalue weighted by Crippen LogP contribution is -2.07. The van der Waals surface area contributed by atoms with Gasteiger partial charge < -0.3 is 5.32 Å². The third-order valence-corrected chi connectivity index (χ3v) is 4.77. The average Bonchev–Trinajstić information content (AvgIpc) is 2.95. The van der Waals surface area contributed by atoms with Gasteiger partial charge in [-0.25, -0.2) is 4.98 Å². The molecule has 1 N–H and O–H groups in total. The van der Waals surface area contributed by atoms with E-state index in [1.54, 1.807) is 11.3 Å². The van der Waals surface area contributed by atoms with E-state index in [2.05, 4.69) is 42.5 Å². The molecule has 0 saturated heterocycles. The first-order valence-electron chi connectivity index (χ1n) is 6.68. The van der Waals surface area contributed by atoms with Crippen LogP contribution in [-0.2, 0) is 7.05 Å². The topological polar surface area (TPSA) is 42.7 Å². The van der Waals surface area contributed by atoms with Crippen molar-refractivity contribution in [2.24, 2.45) is 7.05 Å². The molecule has 1 atom stereocenters. The number of rotatable bonds is 3. The van der Waals surface area contributed by atoms with E-state index in [-0.39, 0.29) is 6.04 Å². The summed E-state index contributed by atoms with van der Waals surface area (Å²) < 4.78 is 3.14. The van der Waals surface area contributed by atoms with Crippen molar-refractivity contribution in [1.29, 1.82) is 0 Å². The van der Waals surface area contributed by atoms with Crippen molar-refractivity contribution < 1.29 is 0 Å². The zero-order valence-electron chi connectivity index (χ0n) is 12.1. The summed E-state index contributed by atoms with van der Waals surface area (Å²) in [7, 11) is 1.97. The molecule has 1 aromatic carbocycles. The molecule has 0 saturated carbocycles. The Hall–Kier alpha value is -1.88. The number of benzene rings is 1. The van der Waals surface area contributed by atoms with Crippen molar-refractivity contribution in [3.05, 3.63) is 40.7 Å². The maximum atomic E-state index is 4.70. The van der Waals surface area contributed by atoms with Crippen LogP contribution in [0.2, 0.25) is 0 Å². The van der Waals surface area contributed by atoms with Gasteiger partial charge in [-0.15, -0.1) is 11.3 Å². The molecule has 1 unspecified atom stereocenters. The predicted molar refractivity (Wildman–Crippen MR) is 84.3 cm³/mol. The zero-order valence-corrected chi connectivity index (χ0v) is 13.0. The van der Waals surface area contributed by atoms with Crippen molar-refractivity contribution in [3.63, 3.8) is 0 Å². The standard InChI is InChI=1S/C15H18N4S/c1-9-14(11(3)19(4)18-9)16-10(2)15-17-12-7-5-6-8-13(12)20-15/h5-8,10,16H,1-4H3. The Labute approximate surface area is 122 Å². The minimum atomic E-state index is 0.175. The average molecular weight is 286 g/mol. The second-order valence-corrected chi connectivity index (χ2v) is 6.12. The van der Waals surface area contributed by atoms with E-state index in [0.29, 0.717) is 0 Å². The lowest BCUT2D eigenvalue weighted by molar-refractivity contribution is 0.731. The molecule has 2 heterocycles. The van der Waals surface area contributed by atoms with Crippen LogP contribution in [0.15, 0.2) is 24.3 Å². The number of aromatic nitrogens is 3. The van der Waals surface area contributed by atoms with E-state index < -0.39 is 0 Å². The number of anilines is 1. The summed E-state index contributed by atoms with van der Waals surface area (Å²) >= 11 is 1.74. The van der Waals surface area contributed by atoms with Gasteiger partial charge in [-0.05, 0) is 32.9 Å². The van der Waals surface area contributed by atoms with E-state index in [4.69, 9.17) is 4.98 Å².